The fourth-order valence-corrected chi connectivity index (χ4v) is 1.37. The molecule has 0 aliphatic heterocycles. The van der Waals surface area contributed by atoms with Gasteiger partial charge in [0.05, 0.1) is 12.2 Å². The normalized spacial score (nSPS) is 10.1. The number of benzene rings is 1. The molecule has 0 heterocycles. The molecular weight excluding hydrogens is 204 g/mol. The second-order valence-electron chi connectivity index (χ2n) is 3.40. The molecule has 0 aliphatic rings. The number of ether oxygens (including phenoxy) is 2. The maximum Gasteiger partial charge on any atom is 0.192 e. The van der Waals surface area contributed by atoms with Crippen molar-refractivity contribution in [3.8, 4) is 5.75 Å². The van der Waals surface area contributed by atoms with Gasteiger partial charge in [-0.15, -0.1) is 0 Å². The van der Waals surface area contributed by atoms with Gasteiger partial charge in [-0.3, -0.25) is 4.79 Å². The first kappa shape index (κ1) is 12.7. The predicted molar refractivity (Wildman–Crippen MR) is 63.1 cm³/mol. The summed E-state index contributed by atoms with van der Waals surface area (Å²) in [6.45, 7) is 5.20. The smallest absolute Gasteiger partial charge is 0.192 e. The Morgan fingerprint density at radius 3 is 2.69 bits per heavy atom. The van der Waals surface area contributed by atoms with E-state index in [2.05, 4.69) is 0 Å². The Hall–Kier alpha value is -1.35. The molecule has 1 aromatic carbocycles. The van der Waals surface area contributed by atoms with Crippen molar-refractivity contribution < 1.29 is 14.3 Å². The second kappa shape index (κ2) is 7.01. The van der Waals surface area contributed by atoms with Crippen molar-refractivity contribution in [3.63, 3.8) is 0 Å². The standard InChI is InChI=1S/C13H18O3/c1-3-9-15-10-12(14)11-7-5-6-8-13(11)16-4-2/h5-8H,3-4,9-10H2,1-2H3. The third-order valence-corrected chi connectivity index (χ3v) is 2.07. The van der Waals surface area contributed by atoms with E-state index in [1.807, 2.05) is 26.0 Å². The highest BCUT2D eigenvalue weighted by Crippen LogP contribution is 2.18. The minimum Gasteiger partial charge on any atom is -0.493 e. The van der Waals surface area contributed by atoms with Crippen LogP contribution in [0.3, 0.4) is 0 Å². The molecule has 0 spiro atoms. The van der Waals surface area contributed by atoms with E-state index in [9.17, 15) is 4.79 Å². The summed E-state index contributed by atoms with van der Waals surface area (Å²) in [6.07, 6.45) is 0.917. The fourth-order valence-electron chi connectivity index (χ4n) is 1.37. The number of carbonyl (C=O) groups excluding carboxylic acids is 1. The van der Waals surface area contributed by atoms with Crippen molar-refractivity contribution in [3.05, 3.63) is 29.8 Å². The van der Waals surface area contributed by atoms with Crippen LogP contribution in [0.25, 0.3) is 0 Å². The van der Waals surface area contributed by atoms with Crippen LogP contribution in [0.2, 0.25) is 0 Å². The fraction of sp³-hybridized carbons (Fsp3) is 0.462. The molecule has 88 valence electrons. The molecule has 16 heavy (non-hydrogen) atoms. The number of ketones is 1. The molecule has 0 unspecified atom stereocenters. The molecule has 3 heteroatoms. The van der Waals surface area contributed by atoms with E-state index in [4.69, 9.17) is 9.47 Å². The molecule has 0 N–H and O–H groups in total. The molecule has 0 radical (unpaired) electrons. The molecule has 0 bridgehead atoms. The molecule has 1 aromatic rings. The number of hydrogen-bond donors (Lipinski definition) is 0. The molecular formula is C13H18O3. The van der Waals surface area contributed by atoms with Gasteiger partial charge in [0.15, 0.2) is 5.78 Å². The van der Waals surface area contributed by atoms with Crippen molar-refractivity contribution in [1.82, 2.24) is 0 Å². The molecule has 0 amide bonds. The van der Waals surface area contributed by atoms with E-state index in [0.717, 1.165) is 6.42 Å². The summed E-state index contributed by atoms with van der Waals surface area (Å²) >= 11 is 0. The Bertz CT molecular complexity index is 334. The minimum absolute atomic E-state index is 0.0301. The van der Waals surface area contributed by atoms with Crippen molar-refractivity contribution in [2.75, 3.05) is 19.8 Å². The van der Waals surface area contributed by atoms with E-state index >= 15 is 0 Å². The third kappa shape index (κ3) is 3.66. The third-order valence-electron chi connectivity index (χ3n) is 2.07. The largest absolute Gasteiger partial charge is 0.493 e. The number of carbonyl (C=O) groups is 1. The topological polar surface area (TPSA) is 35.5 Å². The quantitative estimate of drug-likeness (QED) is 0.525. The lowest BCUT2D eigenvalue weighted by atomic mass is 10.1. The number of para-hydroxylation sites is 1. The highest BCUT2D eigenvalue weighted by molar-refractivity contribution is 5.99. The van der Waals surface area contributed by atoms with Crippen LogP contribution < -0.4 is 4.74 Å². The van der Waals surface area contributed by atoms with E-state index in [1.54, 1.807) is 12.1 Å². The van der Waals surface area contributed by atoms with Crippen LogP contribution in [0.1, 0.15) is 30.6 Å². The molecule has 0 fully saturated rings. The van der Waals surface area contributed by atoms with Crippen LogP contribution in [0.4, 0.5) is 0 Å². The molecule has 1 rings (SSSR count). The van der Waals surface area contributed by atoms with Gasteiger partial charge in [0.1, 0.15) is 12.4 Å². The predicted octanol–water partition coefficient (Wildman–Crippen LogP) is 2.69. The van der Waals surface area contributed by atoms with Crippen molar-refractivity contribution >= 4 is 5.78 Å². The first-order valence-electron chi connectivity index (χ1n) is 5.62. The zero-order chi connectivity index (χ0) is 11.8. The van der Waals surface area contributed by atoms with Gasteiger partial charge >= 0.3 is 0 Å². The summed E-state index contributed by atoms with van der Waals surface area (Å²) in [7, 11) is 0. The Kier molecular flexibility index (Phi) is 5.57. The summed E-state index contributed by atoms with van der Waals surface area (Å²) in [5.74, 6) is 0.604. The van der Waals surface area contributed by atoms with Gasteiger partial charge in [-0.25, -0.2) is 0 Å². The van der Waals surface area contributed by atoms with E-state index < -0.39 is 0 Å². The lowest BCUT2D eigenvalue weighted by molar-refractivity contribution is 0.0758. The maximum atomic E-state index is 11.8. The summed E-state index contributed by atoms with van der Waals surface area (Å²) in [5, 5.41) is 0. The summed E-state index contributed by atoms with van der Waals surface area (Å²) in [6, 6.07) is 7.25. The van der Waals surface area contributed by atoms with Gasteiger partial charge in [0, 0.05) is 6.61 Å². The minimum atomic E-state index is -0.0301. The molecule has 0 aliphatic carbocycles. The molecule has 3 nitrogen and oxygen atoms in total. The molecule has 0 aromatic heterocycles. The molecule has 0 saturated carbocycles. The Morgan fingerprint density at radius 2 is 2.00 bits per heavy atom. The van der Waals surface area contributed by atoms with E-state index in [1.165, 1.54) is 0 Å². The first-order chi connectivity index (χ1) is 7.79. The Morgan fingerprint density at radius 1 is 1.25 bits per heavy atom. The second-order valence-corrected chi connectivity index (χ2v) is 3.40. The zero-order valence-electron chi connectivity index (χ0n) is 9.86. The first-order valence-corrected chi connectivity index (χ1v) is 5.62. The maximum absolute atomic E-state index is 11.8. The van der Waals surface area contributed by atoms with E-state index in [0.29, 0.717) is 24.5 Å². The van der Waals surface area contributed by atoms with Gasteiger partial charge in [-0.05, 0) is 25.5 Å². The molecule has 0 atom stereocenters. The Labute approximate surface area is 96.4 Å². The highest BCUT2D eigenvalue weighted by atomic mass is 16.5. The Balaban J connectivity index is 2.66. The van der Waals surface area contributed by atoms with Gasteiger partial charge in [0.25, 0.3) is 0 Å². The number of hydrogen-bond acceptors (Lipinski definition) is 3. The van der Waals surface area contributed by atoms with Crippen molar-refractivity contribution in [2.45, 2.75) is 20.3 Å². The van der Waals surface area contributed by atoms with Gasteiger partial charge in [-0.1, -0.05) is 19.1 Å². The van der Waals surface area contributed by atoms with Crippen LogP contribution in [0.5, 0.6) is 5.75 Å². The average molecular weight is 222 g/mol. The zero-order valence-corrected chi connectivity index (χ0v) is 9.86. The molecule has 0 saturated heterocycles. The van der Waals surface area contributed by atoms with Crippen molar-refractivity contribution in [2.24, 2.45) is 0 Å². The van der Waals surface area contributed by atoms with Crippen LogP contribution in [0.15, 0.2) is 24.3 Å². The van der Waals surface area contributed by atoms with Gasteiger partial charge < -0.3 is 9.47 Å². The SMILES string of the molecule is CCCOCC(=O)c1ccccc1OCC. The van der Waals surface area contributed by atoms with Gasteiger partial charge in [-0.2, -0.15) is 0 Å². The summed E-state index contributed by atoms with van der Waals surface area (Å²) in [5.41, 5.74) is 0.598. The average Bonchev–Trinajstić information content (AvgIpc) is 2.30. The van der Waals surface area contributed by atoms with Crippen LogP contribution >= 0.6 is 0 Å². The van der Waals surface area contributed by atoms with Crippen LogP contribution in [-0.4, -0.2) is 25.6 Å². The highest BCUT2D eigenvalue weighted by Gasteiger charge is 2.11. The van der Waals surface area contributed by atoms with Crippen LogP contribution in [0, 0.1) is 0 Å². The van der Waals surface area contributed by atoms with Crippen molar-refractivity contribution in [1.29, 1.82) is 0 Å². The van der Waals surface area contributed by atoms with E-state index in [-0.39, 0.29) is 12.4 Å². The monoisotopic (exact) mass is 222 g/mol. The number of rotatable bonds is 7. The lowest BCUT2D eigenvalue weighted by Gasteiger charge is -2.08. The lowest BCUT2D eigenvalue weighted by Crippen LogP contribution is -2.11. The van der Waals surface area contributed by atoms with Gasteiger partial charge in [0.2, 0.25) is 0 Å². The number of Topliss-reactive ketones (excluding diaryl/α,β-unsaturated/α-hetero) is 1. The summed E-state index contributed by atoms with van der Waals surface area (Å²) in [4.78, 5) is 11.8. The van der Waals surface area contributed by atoms with Crippen LogP contribution in [-0.2, 0) is 4.74 Å². The summed E-state index contributed by atoms with van der Waals surface area (Å²) < 4.78 is 10.6.